The minimum Gasteiger partial charge on any atom is -0.338 e. The molecule has 0 spiro atoms. The molecular formula is C20H23FN2O2. The van der Waals surface area contributed by atoms with Crippen molar-refractivity contribution in [2.75, 3.05) is 13.1 Å². The van der Waals surface area contributed by atoms with E-state index < -0.39 is 0 Å². The summed E-state index contributed by atoms with van der Waals surface area (Å²) in [5.41, 5.74) is 1.41. The first-order valence-corrected chi connectivity index (χ1v) is 8.73. The molecule has 4 nitrogen and oxygen atoms in total. The number of benzene rings is 1. The van der Waals surface area contributed by atoms with Gasteiger partial charge in [-0.1, -0.05) is 12.1 Å². The van der Waals surface area contributed by atoms with E-state index in [-0.39, 0.29) is 17.3 Å². The Morgan fingerprint density at radius 1 is 1.24 bits per heavy atom. The number of aromatic nitrogens is 1. The van der Waals surface area contributed by atoms with Crippen LogP contribution < -0.4 is 5.56 Å². The van der Waals surface area contributed by atoms with Crippen LogP contribution in [-0.4, -0.2) is 28.5 Å². The van der Waals surface area contributed by atoms with Crippen LogP contribution in [0, 0.1) is 11.7 Å². The molecule has 25 heavy (non-hydrogen) atoms. The summed E-state index contributed by atoms with van der Waals surface area (Å²) in [6.45, 7) is 1.45. The Hall–Kier alpha value is -2.43. The van der Waals surface area contributed by atoms with E-state index in [0.717, 1.165) is 44.3 Å². The number of piperidine rings is 1. The Balaban J connectivity index is 1.60. The third-order valence-corrected chi connectivity index (χ3v) is 4.91. The summed E-state index contributed by atoms with van der Waals surface area (Å²) in [7, 11) is 1.67. The summed E-state index contributed by atoms with van der Waals surface area (Å²) in [5, 5.41) is 0. The lowest BCUT2D eigenvalue weighted by atomic mass is 9.91. The lowest BCUT2D eigenvalue weighted by Crippen LogP contribution is -2.40. The molecule has 0 N–H and O–H groups in total. The van der Waals surface area contributed by atoms with Crippen LogP contribution >= 0.6 is 0 Å². The van der Waals surface area contributed by atoms with Crippen LogP contribution in [0.2, 0.25) is 0 Å². The third kappa shape index (κ3) is 4.35. The minimum atomic E-state index is -0.216. The molecule has 5 heteroatoms. The number of amides is 1. The fraction of sp³-hybridized carbons (Fsp3) is 0.400. The van der Waals surface area contributed by atoms with Crippen molar-refractivity contribution in [1.29, 1.82) is 0 Å². The topological polar surface area (TPSA) is 42.3 Å². The zero-order chi connectivity index (χ0) is 17.8. The molecule has 0 bridgehead atoms. The van der Waals surface area contributed by atoms with Gasteiger partial charge in [0.05, 0.1) is 0 Å². The van der Waals surface area contributed by atoms with Crippen molar-refractivity contribution < 1.29 is 9.18 Å². The third-order valence-electron chi connectivity index (χ3n) is 4.91. The van der Waals surface area contributed by atoms with Gasteiger partial charge in [-0.05, 0) is 55.4 Å². The molecule has 1 aliphatic heterocycles. The van der Waals surface area contributed by atoms with Gasteiger partial charge >= 0.3 is 0 Å². The Labute approximate surface area is 146 Å². The zero-order valence-corrected chi connectivity index (χ0v) is 14.5. The highest BCUT2D eigenvalue weighted by molar-refractivity contribution is 5.94. The second-order valence-corrected chi connectivity index (χ2v) is 6.79. The van der Waals surface area contributed by atoms with Gasteiger partial charge in [0.1, 0.15) is 5.82 Å². The smallest absolute Gasteiger partial charge is 0.254 e. The SMILES string of the molecule is Cn1ccc(C(=O)N2CCC[C@H](CCc3ccc(F)cc3)C2)cc1=O. The summed E-state index contributed by atoms with van der Waals surface area (Å²) in [6.07, 6.45) is 5.57. The average Bonchev–Trinajstić information content (AvgIpc) is 2.63. The molecule has 1 aliphatic rings. The largest absolute Gasteiger partial charge is 0.338 e. The van der Waals surface area contributed by atoms with Gasteiger partial charge in [0, 0.05) is 38.0 Å². The number of hydrogen-bond acceptors (Lipinski definition) is 2. The summed E-state index contributed by atoms with van der Waals surface area (Å²) >= 11 is 0. The van der Waals surface area contributed by atoms with Crippen molar-refractivity contribution in [2.24, 2.45) is 13.0 Å². The molecule has 1 amide bonds. The molecular weight excluding hydrogens is 319 g/mol. The maximum atomic E-state index is 13.0. The van der Waals surface area contributed by atoms with Crippen LogP contribution in [0.4, 0.5) is 4.39 Å². The highest BCUT2D eigenvalue weighted by atomic mass is 19.1. The number of halogens is 1. The minimum absolute atomic E-state index is 0.0656. The summed E-state index contributed by atoms with van der Waals surface area (Å²) < 4.78 is 14.4. The second-order valence-electron chi connectivity index (χ2n) is 6.79. The van der Waals surface area contributed by atoms with E-state index in [9.17, 15) is 14.0 Å². The number of hydrogen-bond donors (Lipinski definition) is 0. The quantitative estimate of drug-likeness (QED) is 0.857. The molecule has 1 saturated heterocycles. The molecule has 1 atom stereocenters. The predicted octanol–water partition coefficient (Wildman–Crippen LogP) is 3.01. The van der Waals surface area contributed by atoms with Gasteiger partial charge < -0.3 is 9.47 Å². The lowest BCUT2D eigenvalue weighted by Gasteiger charge is -2.33. The van der Waals surface area contributed by atoms with Crippen molar-refractivity contribution in [2.45, 2.75) is 25.7 Å². The zero-order valence-electron chi connectivity index (χ0n) is 14.5. The Bertz CT molecular complexity index is 798. The van der Waals surface area contributed by atoms with Gasteiger partial charge in [-0.25, -0.2) is 4.39 Å². The van der Waals surface area contributed by atoms with E-state index in [1.165, 1.54) is 22.8 Å². The molecule has 1 fully saturated rings. The molecule has 1 aromatic carbocycles. The van der Waals surface area contributed by atoms with Gasteiger partial charge in [-0.2, -0.15) is 0 Å². The number of nitrogens with zero attached hydrogens (tertiary/aromatic N) is 2. The Morgan fingerprint density at radius 2 is 2.00 bits per heavy atom. The number of pyridine rings is 1. The van der Waals surface area contributed by atoms with Crippen LogP contribution in [0.1, 0.15) is 35.2 Å². The summed E-state index contributed by atoms with van der Waals surface area (Å²) in [5.74, 6) is 0.158. The highest BCUT2D eigenvalue weighted by Crippen LogP contribution is 2.23. The molecule has 1 aromatic heterocycles. The molecule has 2 aromatic rings. The maximum absolute atomic E-state index is 13.0. The van der Waals surface area contributed by atoms with E-state index >= 15 is 0 Å². The fourth-order valence-corrected chi connectivity index (χ4v) is 3.37. The van der Waals surface area contributed by atoms with E-state index in [1.807, 2.05) is 17.0 Å². The monoisotopic (exact) mass is 342 g/mol. The maximum Gasteiger partial charge on any atom is 0.254 e. The fourth-order valence-electron chi connectivity index (χ4n) is 3.37. The highest BCUT2D eigenvalue weighted by Gasteiger charge is 2.24. The molecule has 132 valence electrons. The van der Waals surface area contributed by atoms with Crippen molar-refractivity contribution in [3.8, 4) is 0 Å². The summed E-state index contributed by atoms with van der Waals surface area (Å²) in [4.78, 5) is 26.3. The average molecular weight is 342 g/mol. The standard InChI is InChI=1S/C20H23FN2O2/c1-22-12-10-17(13-19(22)24)20(25)23-11-2-3-16(14-23)5-4-15-6-8-18(21)9-7-15/h6-10,12-13,16H,2-5,11,14H2,1H3/t16-/m1/s1. The van der Waals surface area contributed by atoms with Crippen LogP contribution in [0.3, 0.4) is 0 Å². The van der Waals surface area contributed by atoms with Crippen molar-refractivity contribution >= 4 is 5.91 Å². The van der Waals surface area contributed by atoms with Crippen LogP contribution in [-0.2, 0) is 13.5 Å². The first kappa shape index (κ1) is 17.4. The van der Waals surface area contributed by atoms with Crippen molar-refractivity contribution in [1.82, 2.24) is 9.47 Å². The van der Waals surface area contributed by atoms with E-state index in [1.54, 1.807) is 19.3 Å². The normalized spacial score (nSPS) is 17.5. The van der Waals surface area contributed by atoms with Gasteiger partial charge in [0.15, 0.2) is 0 Å². The number of carbonyl (C=O) groups excluding carboxylic acids is 1. The molecule has 3 rings (SSSR count). The number of rotatable bonds is 4. The number of carbonyl (C=O) groups is 1. The first-order valence-electron chi connectivity index (χ1n) is 8.73. The van der Waals surface area contributed by atoms with Gasteiger partial charge in [0.25, 0.3) is 11.5 Å². The molecule has 0 aliphatic carbocycles. The molecule has 2 heterocycles. The number of aryl methyl sites for hydroxylation is 2. The van der Waals surface area contributed by atoms with Gasteiger partial charge in [-0.3, -0.25) is 9.59 Å². The molecule has 0 unspecified atom stereocenters. The Morgan fingerprint density at radius 3 is 2.72 bits per heavy atom. The Kier molecular flexibility index (Phi) is 5.31. The van der Waals surface area contributed by atoms with E-state index in [0.29, 0.717) is 11.5 Å². The first-order chi connectivity index (χ1) is 12.0. The molecule has 0 saturated carbocycles. The molecule has 0 radical (unpaired) electrons. The van der Waals surface area contributed by atoms with Crippen LogP contribution in [0.5, 0.6) is 0 Å². The van der Waals surface area contributed by atoms with Crippen LogP contribution in [0.25, 0.3) is 0 Å². The lowest BCUT2D eigenvalue weighted by molar-refractivity contribution is 0.0668. The van der Waals surface area contributed by atoms with E-state index in [4.69, 9.17) is 0 Å². The van der Waals surface area contributed by atoms with Gasteiger partial charge in [-0.15, -0.1) is 0 Å². The van der Waals surface area contributed by atoms with Gasteiger partial charge in [0.2, 0.25) is 0 Å². The van der Waals surface area contributed by atoms with Crippen molar-refractivity contribution in [3.05, 3.63) is 69.9 Å². The van der Waals surface area contributed by atoms with E-state index in [2.05, 4.69) is 0 Å². The summed E-state index contributed by atoms with van der Waals surface area (Å²) in [6, 6.07) is 9.72. The van der Waals surface area contributed by atoms with Crippen molar-refractivity contribution in [3.63, 3.8) is 0 Å². The van der Waals surface area contributed by atoms with Crippen LogP contribution in [0.15, 0.2) is 47.4 Å². The predicted molar refractivity (Wildman–Crippen MR) is 95.0 cm³/mol. The second kappa shape index (κ2) is 7.64. The number of likely N-dealkylation sites (tertiary alicyclic amines) is 1.